The van der Waals surface area contributed by atoms with Crippen molar-refractivity contribution in [2.45, 2.75) is 4.90 Å². The molecule has 1 aliphatic heterocycles. The fraction of sp³-hybridized carbons (Fsp3) is 0.263. The molecule has 0 spiro atoms. The van der Waals surface area contributed by atoms with Crippen LogP contribution in [0, 0.1) is 5.82 Å². The van der Waals surface area contributed by atoms with Gasteiger partial charge in [0, 0.05) is 18.8 Å². The van der Waals surface area contributed by atoms with Gasteiger partial charge in [0.1, 0.15) is 5.82 Å². The molecule has 1 fully saturated rings. The van der Waals surface area contributed by atoms with Crippen molar-refractivity contribution in [2.24, 2.45) is 0 Å². The van der Waals surface area contributed by atoms with Crippen LogP contribution < -0.4 is 5.32 Å². The van der Waals surface area contributed by atoms with Crippen molar-refractivity contribution in [1.29, 1.82) is 0 Å². The predicted molar refractivity (Wildman–Crippen MR) is 106 cm³/mol. The Morgan fingerprint density at radius 3 is 2.43 bits per heavy atom. The zero-order valence-electron chi connectivity index (χ0n) is 15.6. The van der Waals surface area contributed by atoms with Crippen molar-refractivity contribution in [3.63, 3.8) is 0 Å². The summed E-state index contributed by atoms with van der Waals surface area (Å²) in [4.78, 5) is 24.0. The monoisotopic (exact) mass is 456 g/mol. The van der Waals surface area contributed by atoms with Crippen molar-refractivity contribution in [2.75, 3.05) is 38.2 Å². The van der Waals surface area contributed by atoms with Gasteiger partial charge in [-0.05, 0) is 42.5 Å². The van der Waals surface area contributed by atoms with E-state index >= 15 is 0 Å². The molecule has 1 N–H and O–H groups in total. The first-order valence-corrected chi connectivity index (χ1v) is 10.7. The molecule has 0 bridgehead atoms. The SMILES string of the molecule is O=C(COC(=O)c1ccc(S(=O)(=O)N2CCOCC2)cc1)Nc1ccc(F)c(Cl)c1. The lowest BCUT2D eigenvalue weighted by Crippen LogP contribution is -2.40. The Morgan fingerprint density at radius 1 is 1.13 bits per heavy atom. The first-order chi connectivity index (χ1) is 14.3. The second-order valence-corrected chi connectivity index (χ2v) is 8.64. The van der Waals surface area contributed by atoms with Crippen LogP contribution in [0.4, 0.5) is 10.1 Å². The Hall–Kier alpha value is -2.53. The molecule has 2 aromatic carbocycles. The average Bonchev–Trinajstić information content (AvgIpc) is 2.75. The molecule has 30 heavy (non-hydrogen) atoms. The number of morpholine rings is 1. The van der Waals surface area contributed by atoms with Crippen LogP contribution in [-0.4, -0.2) is 57.5 Å². The Kier molecular flexibility index (Phi) is 7.03. The number of sulfonamides is 1. The molecule has 0 unspecified atom stereocenters. The highest BCUT2D eigenvalue weighted by Crippen LogP contribution is 2.20. The van der Waals surface area contributed by atoms with Gasteiger partial charge in [-0.1, -0.05) is 11.6 Å². The van der Waals surface area contributed by atoms with Crippen LogP contribution in [0.1, 0.15) is 10.4 Å². The maximum Gasteiger partial charge on any atom is 0.338 e. The average molecular weight is 457 g/mol. The highest BCUT2D eigenvalue weighted by molar-refractivity contribution is 7.89. The summed E-state index contributed by atoms with van der Waals surface area (Å²) in [5.74, 6) is -2.06. The summed E-state index contributed by atoms with van der Waals surface area (Å²) in [6, 6.07) is 8.87. The van der Waals surface area contributed by atoms with E-state index in [0.717, 1.165) is 6.07 Å². The summed E-state index contributed by atoms with van der Waals surface area (Å²) in [6.07, 6.45) is 0. The van der Waals surface area contributed by atoms with Gasteiger partial charge in [-0.15, -0.1) is 0 Å². The van der Waals surface area contributed by atoms with Crippen molar-refractivity contribution < 1.29 is 31.9 Å². The number of nitrogens with zero attached hydrogens (tertiary/aromatic N) is 1. The third-order valence-electron chi connectivity index (χ3n) is 4.24. The molecule has 0 aliphatic carbocycles. The second kappa shape index (κ2) is 9.52. The first kappa shape index (κ1) is 22.2. The Balaban J connectivity index is 1.56. The minimum atomic E-state index is -3.67. The number of esters is 1. The summed E-state index contributed by atoms with van der Waals surface area (Å²) in [6.45, 7) is 0.605. The number of nitrogens with one attached hydrogen (secondary N) is 1. The van der Waals surface area contributed by atoms with E-state index < -0.39 is 34.3 Å². The molecule has 0 saturated carbocycles. The fourth-order valence-electron chi connectivity index (χ4n) is 2.68. The number of carbonyl (C=O) groups excluding carboxylic acids is 2. The van der Waals surface area contributed by atoms with Gasteiger partial charge >= 0.3 is 5.97 Å². The molecule has 11 heteroatoms. The third-order valence-corrected chi connectivity index (χ3v) is 6.44. The van der Waals surface area contributed by atoms with Gasteiger partial charge in [0.05, 0.1) is 28.7 Å². The molecule has 1 saturated heterocycles. The largest absolute Gasteiger partial charge is 0.452 e. The maximum absolute atomic E-state index is 13.1. The number of ether oxygens (including phenoxy) is 2. The number of hydrogen-bond donors (Lipinski definition) is 1. The summed E-state index contributed by atoms with van der Waals surface area (Å²) < 4.78 is 49.7. The van der Waals surface area contributed by atoms with Crippen LogP contribution in [0.2, 0.25) is 5.02 Å². The maximum atomic E-state index is 13.1. The lowest BCUT2D eigenvalue weighted by molar-refractivity contribution is -0.119. The molecule has 8 nitrogen and oxygen atoms in total. The zero-order valence-corrected chi connectivity index (χ0v) is 17.2. The second-order valence-electron chi connectivity index (χ2n) is 6.29. The van der Waals surface area contributed by atoms with E-state index in [0.29, 0.717) is 13.2 Å². The molecular formula is C19H18ClFN2O6S. The van der Waals surface area contributed by atoms with E-state index in [9.17, 15) is 22.4 Å². The van der Waals surface area contributed by atoms with Crippen molar-refractivity contribution in [3.05, 3.63) is 58.9 Å². The molecule has 160 valence electrons. The Labute approximate surface area is 177 Å². The Morgan fingerprint density at radius 2 is 1.80 bits per heavy atom. The number of benzene rings is 2. The predicted octanol–water partition coefficient (Wildman–Crippen LogP) is 2.30. The standard InChI is InChI=1S/C19H18ClFN2O6S/c20-16-11-14(3-6-17(16)21)22-18(24)12-29-19(25)13-1-4-15(5-2-13)30(26,27)23-7-9-28-10-8-23/h1-6,11H,7-10,12H2,(H,22,24). The van der Waals surface area contributed by atoms with Crippen molar-refractivity contribution in [1.82, 2.24) is 4.31 Å². The number of carbonyl (C=O) groups is 2. The van der Waals surface area contributed by atoms with Crippen LogP contribution in [0.3, 0.4) is 0 Å². The van der Waals surface area contributed by atoms with Crippen molar-refractivity contribution >= 4 is 39.2 Å². The Bertz CT molecular complexity index is 1040. The highest BCUT2D eigenvalue weighted by Gasteiger charge is 2.26. The molecule has 0 atom stereocenters. The van der Waals surface area contributed by atoms with E-state index in [-0.39, 0.29) is 34.3 Å². The van der Waals surface area contributed by atoms with E-state index in [4.69, 9.17) is 21.1 Å². The highest BCUT2D eigenvalue weighted by atomic mass is 35.5. The van der Waals surface area contributed by atoms with Gasteiger partial charge in [0.25, 0.3) is 5.91 Å². The molecule has 1 amide bonds. The van der Waals surface area contributed by atoms with E-state index in [2.05, 4.69) is 5.32 Å². The first-order valence-electron chi connectivity index (χ1n) is 8.87. The molecule has 0 radical (unpaired) electrons. The summed E-state index contributed by atoms with van der Waals surface area (Å²) >= 11 is 5.64. The van der Waals surface area contributed by atoms with Crippen LogP contribution in [0.5, 0.6) is 0 Å². The lowest BCUT2D eigenvalue weighted by atomic mass is 10.2. The van der Waals surface area contributed by atoms with E-state index in [1.807, 2.05) is 0 Å². The number of amides is 1. The van der Waals surface area contributed by atoms with Gasteiger partial charge < -0.3 is 14.8 Å². The topological polar surface area (TPSA) is 102 Å². The van der Waals surface area contributed by atoms with Gasteiger partial charge in [-0.25, -0.2) is 17.6 Å². The van der Waals surface area contributed by atoms with Crippen LogP contribution in [0.15, 0.2) is 47.4 Å². The van der Waals surface area contributed by atoms with E-state index in [1.165, 1.54) is 40.7 Å². The number of anilines is 1. The molecule has 1 aliphatic rings. The minimum Gasteiger partial charge on any atom is -0.452 e. The minimum absolute atomic E-state index is 0.0480. The van der Waals surface area contributed by atoms with Crippen molar-refractivity contribution in [3.8, 4) is 0 Å². The summed E-state index contributed by atoms with van der Waals surface area (Å²) in [5, 5.41) is 2.26. The molecule has 0 aromatic heterocycles. The van der Waals surface area contributed by atoms with Gasteiger partial charge in [-0.3, -0.25) is 4.79 Å². The molecular weight excluding hydrogens is 439 g/mol. The van der Waals surface area contributed by atoms with Crippen LogP contribution >= 0.6 is 11.6 Å². The normalized spacial score (nSPS) is 14.9. The number of rotatable bonds is 6. The van der Waals surface area contributed by atoms with Crippen LogP contribution in [0.25, 0.3) is 0 Å². The zero-order chi connectivity index (χ0) is 21.7. The molecule has 3 rings (SSSR count). The summed E-state index contributed by atoms with van der Waals surface area (Å²) in [5.41, 5.74) is 0.341. The smallest absolute Gasteiger partial charge is 0.338 e. The number of halogens is 2. The lowest BCUT2D eigenvalue weighted by Gasteiger charge is -2.26. The van der Waals surface area contributed by atoms with Gasteiger partial charge in [0.2, 0.25) is 10.0 Å². The molecule has 2 aromatic rings. The fourth-order valence-corrected chi connectivity index (χ4v) is 4.27. The quantitative estimate of drug-likeness (QED) is 0.669. The summed E-state index contributed by atoms with van der Waals surface area (Å²) in [7, 11) is -3.67. The van der Waals surface area contributed by atoms with Gasteiger partial charge in [-0.2, -0.15) is 4.31 Å². The van der Waals surface area contributed by atoms with Gasteiger partial charge in [0.15, 0.2) is 6.61 Å². The van der Waals surface area contributed by atoms with E-state index in [1.54, 1.807) is 0 Å². The number of hydrogen-bond acceptors (Lipinski definition) is 6. The molecule has 1 heterocycles. The third kappa shape index (κ3) is 5.33. The van der Waals surface area contributed by atoms with Crippen LogP contribution in [-0.2, 0) is 24.3 Å².